The second-order valence-corrected chi connectivity index (χ2v) is 20.0. The van der Waals surface area contributed by atoms with Crippen LogP contribution < -0.4 is 30.6 Å². The van der Waals surface area contributed by atoms with Crippen molar-refractivity contribution in [3.8, 4) is 66.8 Å². The van der Waals surface area contributed by atoms with Gasteiger partial charge in [0.05, 0.1) is 0 Å². The molecule has 0 atom stereocenters. The van der Waals surface area contributed by atoms with Gasteiger partial charge in [-0.2, -0.15) is 0 Å². The van der Waals surface area contributed by atoms with Gasteiger partial charge in [-0.15, -0.1) is 0 Å². The molecule has 0 bridgehead atoms. The normalized spacial score (nSPS) is 13.7. The number of benzene rings is 12. The van der Waals surface area contributed by atoms with Crippen molar-refractivity contribution in [3.63, 3.8) is 0 Å². The van der Waals surface area contributed by atoms with Gasteiger partial charge in [0, 0.05) is 33.8 Å². The van der Waals surface area contributed by atoms with Gasteiger partial charge in [-0.3, -0.25) is 0 Å². The quantitative estimate of drug-likeness (QED) is 0.164. The summed E-state index contributed by atoms with van der Waals surface area (Å²) in [5.41, 5.74) is 22.5. The molecule has 0 saturated carbocycles. The van der Waals surface area contributed by atoms with Crippen LogP contribution in [0.5, 0.6) is 0 Å². The molecule has 0 spiro atoms. The summed E-state index contributed by atoms with van der Waals surface area (Å²) in [6.45, 7) is -0.576. The number of rotatable bonds is 3. The maximum absolute atomic E-state index is 2.78. The summed E-state index contributed by atoms with van der Waals surface area (Å²) in [7, 11) is 0. The van der Waals surface area contributed by atoms with Crippen molar-refractivity contribution in [2.45, 2.75) is 0 Å². The minimum Gasteiger partial charge on any atom is -0.416 e. The average Bonchev–Trinajstić information content (AvgIpc) is 3.46. The first-order valence-electron chi connectivity index (χ1n) is 25.2. The van der Waals surface area contributed by atoms with Crippen LogP contribution >= 0.6 is 0 Å². The Bertz CT molecular complexity index is 3820. The smallest absolute Gasteiger partial charge is 0.389 e. The standard InChI is InChI=1S/C66H42B3N3/c1-4-16-46-37-49(28-25-43(46)13-1)52-31-34-55-58-19-7-10-22-64(58)70-67(61(55)40-52)71-65-23-11-8-20-59(65)56-35-32-53(50-29-26-44-14-2-5-17-47(44)38-50)41-62(56)69(71)72-66-24-12-9-21-60(66)57-36-33-54(42-63(57)68(70)72)51-30-27-45-15-3-6-18-48(45)39-51/h1-42H. The maximum atomic E-state index is 2.78. The lowest BCUT2D eigenvalue weighted by Crippen LogP contribution is -2.88. The van der Waals surface area contributed by atoms with Crippen LogP contribution in [0.15, 0.2) is 255 Å². The average molecular weight is 910 g/mol. The zero-order chi connectivity index (χ0) is 47.0. The highest BCUT2D eigenvalue weighted by Crippen LogP contribution is 2.49. The molecule has 16 rings (SSSR count). The van der Waals surface area contributed by atoms with E-state index in [1.54, 1.807) is 0 Å². The lowest BCUT2D eigenvalue weighted by Gasteiger charge is -2.61. The first kappa shape index (κ1) is 39.8. The van der Waals surface area contributed by atoms with E-state index < -0.39 is 0 Å². The van der Waals surface area contributed by atoms with E-state index in [1.165, 1.54) is 133 Å². The lowest BCUT2D eigenvalue weighted by molar-refractivity contribution is 1.27. The van der Waals surface area contributed by atoms with E-state index in [0.29, 0.717) is 0 Å². The van der Waals surface area contributed by atoms with Gasteiger partial charge in [0.2, 0.25) is 0 Å². The van der Waals surface area contributed by atoms with Gasteiger partial charge in [-0.1, -0.05) is 218 Å². The number of para-hydroxylation sites is 3. The summed E-state index contributed by atoms with van der Waals surface area (Å²) < 4.78 is 8.35. The second kappa shape index (κ2) is 15.3. The minimum absolute atomic E-state index is 0.192. The topological polar surface area (TPSA) is 9.72 Å². The van der Waals surface area contributed by atoms with Crippen LogP contribution in [-0.2, 0) is 0 Å². The Labute approximate surface area is 420 Å². The fourth-order valence-corrected chi connectivity index (χ4v) is 13.0. The van der Waals surface area contributed by atoms with Crippen molar-refractivity contribution >= 4 is 86.7 Å². The number of anilines is 3. The number of fused-ring (bicyclic) bond motifs is 24. The monoisotopic (exact) mass is 909 g/mol. The Morgan fingerprint density at radius 3 is 0.764 bits per heavy atom. The molecular formula is C66H42B3N3. The molecule has 1 saturated heterocycles. The lowest BCUT2D eigenvalue weighted by atomic mass is 9.33. The van der Waals surface area contributed by atoms with Crippen molar-refractivity contribution in [1.29, 1.82) is 0 Å². The van der Waals surface area contributed by atoms with Crippen LogP contribution in [0.3, 0.4) is 0 Å². The van der Waals surface area contributed by atoms with Crippen LogP contribution in [0.25, 0.3) is 99.1 Å². The largest absolute Gasteiger partial charge is 0.416 e. The van der Waals surface area contributed by atoms with Gasteiger partial charge < -0.3 is 14.2 Å². The molecule has 3 nitrogen and oxygen atoms in total. The first-order valence-corrected chi connectivity index (χ1v) is 25.2. The third-order valence-electron chi connectivity index (χ3n) is 16.2. The maximum Gasteiger partial charge on any atom is 0.389 e. The van der Waals surface area contributed by atoms with Crippen molar-refractivity contribution < 1.29 is 0 Å². The predicted molar refractivity (Wildman–Crippen MR) is 308 cm³/mol. The molecule has 6 heteroatoms. The van der Waals surface area contributed by atoms with E-state index >= 15 is 0 Å². The zero-order valence-corrected chi connectivity index (χ0v) is 39.3. The SMILES string of the molecule is c1ccc2c(c1)-c1ccc(-c3ccc4ccccc4c3)cc1B1N2B2c3cc(-c4ccc5ccccc5c4)ccc3-c3ccccc3N2B2c3cc(-c4ccc5ccccc5c4)ccc3-c3ccccc3N12. The second-order valence-electron chi connectivity index (χ2n) is 20.0. The fourth-order valence-electron chi connectivity index (χ4n) is 13.0. The summed E-state index contributed by atoms with van der Waals surface area (Å²) in [4.78, 5) is 0. The summed E-state index contributed by atoms with van der Waals surface area (Å²) >= 11 is 0. The van der Waals surface area contributed by atoms with Crippen LogP contribution in [-0.4, -0.2) is 20.9 Å². The van der Waals surface area contributed by atoms with Crippen molar-refractivity contribution in [2.75, 3.05) is 14.2 Å². The van der Waals surface area contributed by atoms with Crippen molar-refractivity contribution in [1.82, 2.24) is 0 Å². The van der Waals surface area contributed by atoms with Crippen molar-refractivity contribution in [3.05, 3.63) is 255 Å². The van der Waals surface area contributed by atoms with Crippen LogP contribution in [0.2, 0.25) is 0 Å². The highest BCUT2D eigenvalue weighted by Gasteiger charge is 2.61. The van der Waals surface area contributed by atoms with Gasteiger partial charge in [-0.25, -0.2) is 0 Å². The molecule has 0 N–H and O–H groups in total. The molecule has 0 unspecified atom stereocenters. The van der Waals surface area contributed by atoms with Gasteiger partial charge in [0.15, 0.2) is 0 Å². The first-order chi connectivity index (χ1) is 35.7. The molecular weight excluding hydrogens is 867 g/mol. The van der Waals surface area contributed by atoms with Crippen molar-refractivity contribution in [2.24, 2.45) is 0 Å². The Morgan fingerprint density at radius 2 is 0.444 bits per heavy atom. The molecule has 12 aromatic carbocycles. The molecule has 72 heavy (non-hydrogen) atoms. The van der Waals surface area contributed by atoms with Crippen LogP contribution in [0.1, 0.15) is 0 Å². The van der Waals surface area contributed by atoms with Crippen LogP contribution in [0.4, 0.5) is 17.1 Å². The van der Waals surface area contributed by atoms with Gasteiger partial charge in [-0.05, 0) is 135 Å². The molecule has 0 amide bonds. The number of hydrogen-bond donors (Lipinski definition) is 0. The van der Waals surface area contributed by atoms with Gasteiger partial charge >= 0.3 is 20.9 Å². The van der Waals surface area contributed by atoms with E-state index in [-0.39, 0.29) is 20.9 Å². The molecule has 0 aromatic heterocycles. The summed E-state index contributed by atoms with van der Waals surface area (Å²) in [5, 5.41) is 7.49. The third-order valence-corrected chi connectivity index (χ3v) is 16.2. The van der Waals surface area contributed by atoms with Gasteiger partial charge in [0.1, 0.15) is 0 Å². The van der Waals surface area contributed by atoms with E-state index in [0.717, 1.165) is 0 Å². The van der Waals surface area contributed by atoms with Gasteiger partial charge in [0.25, 0.3) is 0 Å². The van der Waals surface area contributed by atoms with E-state index in [2.05, 4.69) is 269 Å². The Kier molecular flexibility index (Phi) is 8.44. The molecule has 330 valence electrons. The molecule has 12 aromatic rings. The predicted octanol–water partition coefficient (Wildman–Crippen LogP) is 14.1. The molecule has 1 fully saturated rings. The van der Waals surface area contributed by atoms with Crippen LogP contribution in [0, 0.1) is 0 Å². The Balaban J connectivity index is 0.994. The van der Waals surface area contributed by atoms with E-state index in [4.69, 9.17) is 0 Å². The Morgan fingerprint density at radius 1 is 0.194 bits per heavy atom. The fraction of sp³-hybridized carbons (Fsp3) is 0. The Hall–Kier alpha value is -8.99. The number of nitrogens with zero attached hydrogens (tertiary/aromatic N) is 3. The minimum atomic E-state index is -0.192. The third kappa shape index (κ3) is 5.78. The van der Waals surface area contributed by atoms with E-state index in [9.17, 15) is 0 Å². The molecule has 4 aliphatic heterocycles. The summed E-state index contributed by atoms with van der Waals surface area (Å²) in [6.07, 6.45) is 0. The summed E-state index contributed by atoms with van der Waals surface area (Å²) in [6, 6.07) is 96.2. The molecule has 0 radical (unpaired) electrons. The molecule has 4 aliphatic rings. The van der Waals surface area contributed by atoms with E-state index in [1.807, 2.05) is 0 Å². The highest BCUT2D eigenvalue weighted by atomic mass is 15.3. The molecule has 4 heterocycles. The summed E-state index contributed by atoms with van der Waals surface area (Å²) in [5.74, 6) is 0. The zero-order valence-electron chi connectivity index (χ0n) is 39.3. The highest BCUT2D eigenvalue weighted by molar-refractivity contribution is 7.16. The number of hydrogen-bond acceptors (Lipinski definition) is 3. The molecule has 0 aliphatic carbocycles.